The molecule has 5 heteroatoms. The van der Waals surface area contributed by atoms with Crippen molar-refractivity contribution in [3.05, 3.63) is 57.3 Å². The average Bonchev–Trinajstić information content (AvgIpc) is 2.62. The van der Waals surface area contributed by atoms with E-state index >= 15 is 0 Å². The summed E-state index contributed by atoms with van der Waals surface area (Å²) in [5, 5.41) is 0. The third-order valence-electron chi connectivity index (χ3n) is 1.83. The molecule has 1 N–H and O–H groups in total. The van der Waals surface area contributed by atoms with E-state index in [1.165, 1.54) is 23.1 Å². The fourth-order valence-electron chi connectivity index (χ4n) is 1.15. The van der Waals surface area contributed by atoms with E-state index in [-0.39, 0.29) is 0 Å². The summed E-state index contributed by atoms with van der Waals surface area (Å²) in [7, 11) is 0. The standard InChI is InChI=1S/C9H8N2O3/c12-8-1-3-11(9(13)10-8)5-7-2-4-14-6-7/h1-4,6H,5H2,(H,10,12,13). The number of hydrogen-bond donors (Lipinski definition) is 1. The maximum Gasteiger partial charge on any atom is 0.328 e. The predicted molar refractivity (Wildman–Crippen MR) is 49.1 cm³/mol. The minimum absolute atomic E-state index is 0.390. The van der Waals surface area contributed by atoms with Crippen molar-refractivity contribution in [1.82, 2.24) is 9.55 Å². The van der Waals surface area contributed by atoms with Crippen LogP contribution in [0.3, 0.4) is 0 Å². The summed E-state index contributed by atoms with van der Waals surface area (Å²) in [6.07, 6.45) is 4.54. The van der Waals surface area contributed by atoms with Gasteiger partial charge in [-0.2, -0.15) is 0 Å². The minimum Gasteiger partial charge on any atom is -0.472 e. The Morgan fingerprint density at radius 2 is 2.21 bits per heavy atom. The molecule has 0 amide bonds. The van der Waals surface area contributed by atoms with Crippen LogP contribution >= 0.6 is 0 Å². The van der Waals surface area contributed by atoms with Gasteiger partial charge in [0.2, 0.25) is 0 Å². The molecule has 0 aliphatic rings. The normalized spacial score (nSPS) is 10.3. The van der Waals surface area contributed by atoms with Gasteiger partial charge in [0.1, 0.15) is 0 Å². The fourth-order valence-corrected chi connectivity index (χ4v) is 1.15. The highest BCUT2D eigenvalue weighted by Crippen LogP contribution is 2.00. The maximum atomic E-state index is 11.2. The molecule has 0 bridgehead atoms. The molecule has 14 heavy (non-hydrogen) atoms. The third-order valence-corrected chi connectivity index (χ3v) is 1.83. The van der Waals surface area contributed by atoms with Crippen molar-refractivity contribution in [3.63, 3.8) is 0 Å². The quantitative estimate of drug-likeness (QED) is 0.737. The van der Waals surface area contributed by atoms with E-state index in [1.54, 1.807) is 12.3 Å². The predicted octanol–water partition coefficient (Wildman–Crippen LogP) is 0.178. The number of furan rings is 1. The first-order valence-electron chi connectivity index (χ1n) is 4.06. The summed E-state index contributed by atoms with van der Waals surface area (Å²) in [6.45, 7) is 0.395. The van der Waals surface area contributed by atoms with E-state index in [1.807, 2.05) is 0 Å². The first kappa shape index (κ1) is 8.55. The van der Waals surface area contributed by atoms with E-state index in [9.17, 15) is 9.59 Å². The summed E-state index contributed by atoms with van der Waals surface area (Å²) in [5.41, 5.74) is 0.0660. The van der Waals surface area contributed by atoms with Crippen LogP contribution in [0.1, 0.15) is 5.56 Å². The second kappa shape index (κ2) is 3.37. The molecule has 0 aliphatic heterocycles. The van der Waals surface area contributed by atoms with Crippen LogP contribution in [0, 0.1) is 0 Å². The number of aromatic amines is 1. The second-order valence-corrected chi connectivity index (χ2v) is 2.87. The van der Waals surface area contributed by atoms with E-state index < -0.39 is 11.2 Å². The Labute approximate surface area is 78.6 Å². The van der Waals surface area contributed by atoms with Crippen molar-refractivity contribution in [2.24, 2.45) is 0 Å². The van der Waals surface area contributed by atoms with Crippen LogP contribution in [0.25, 0.3) is 0 Å². The smallest absolute Gasteiger partial charge is 0.328 e. The van der Waals surface area contributed by atoms with Gasteiger partial charge in [-0.15, -0.1) is 0 Å². The Bertz CT molecular complexity index is 521. The van der Waals surface area contributed by atoms with E-state index in [0.717, 1.165) is 5.56 Å². The van der Waals surface area contributed by atoms with Crippen molar-refractivity contribution in [3.8, 4) is 0 Å². The molecule has 2 rings (SSSR count). The molecule has 0 aromatic carbocycles. The number of nitrogens with zero attached hydrogens (tertiary/aromatic N) is 1. The Morgan fingerprint density at radius 3 is 2.86 bits per heavy atom. The Hall–Kier alpha value is -2.04. The first-order chi connectivity index (χ1) is 6.75. The Kier molecular flexibility index (Phi) is 2.06. The monoisotopic (exact) mass is 192 g/mol. The number of aromatic nitrogens is 2. The van der Waals surface area contributed by atoms with Crippen molar-refractivity contribution >= 4 is 0 Å². The van der Waals surface area contributed by atoms with Gasteiger partial charge in [0.05, 0.1) is 19.1 Å². The van der Waals surface area contributed by atoms with Gasteiger partial charge in [0, 0.05) is 17.8 Å². The lowest BCUT2D eigenvalue weighted by atomic mass is 10.3. The first-order valence-corrected chi connectivity index (χ1v) is 4.06. The molecule has 5 nitrogen and oxygen atoms in total. The molecular weight excluding hydrogens is 184 g/mol. The molecule has 0 saturated heterocycles. The number of rotatable bonds is 2. The molecule has 0 spiro atoms. The highest BCUT2D eigenvalue weighted by atomic mass is 16.3. The zero-order valence-corrected chi connectivity index (χ0v) is 7.27. The summed E-state index contributed by atoms with van der Waals surface area (Å²) in [6, 6.07) is 3.07. The Morgan fingerprint density at radius 1 is 1.36 bits per heavy atom. The van der Waals surface area contributed by atoms with Crippen LogP contribution in [-0.2, 0) is 6.54 Å². The molecule has 0 aliphatic carbocycles. The summed E-state index contributed by atoms with van der Waals surface area (Å²) >= 11 is 0. The number of H-pyrrole nitrogens is 1. The SMILES string of the molecule is O=c1ccn(Cc2ccoc2)c(=O)[nH]1. The van der Waals surface area contributed by atoms with Gasteiger partial charge in [-0.1, -0.05) is 0 Å². The summed E-state index contributed by atoms with van der Waals surface area (Å²) < 4.78 is 6.26. The molecule has 0 saturated carbocycles. The van der Waals surface area contributed by atoms with Gasteiger partial charge in [0.15, 0.2) is 0 Å². The largest absolute Gasteiger partial charge is 0.472 e. The topological polar surface area (TPSA) is 68.0 Å². The van der Waals surface area contributed by atoms with E-state index in [2.05, 4.69) is 4.98 Å². The highest BCUT2D eigenvalue weighted by molar-refractivity contribution is 5.06. The lowest BCUT2D eigenvalue weighted by Gasteiger charge is -2.00. The van der Waals surface area contributed by atoms with Crippen molar-refractivity contribution in [2.75, 3.05) is 0 Å². The number of nitrogens with one attached hydrogen (secondary N) is 1. The van der Waals surface area contributed by atoms with Crippen molar-refractivity contribution in [2.45, 2.75) is 6.54 Å². The summed E-state index contributed by atoms with van der Waals surface area (Å²) in [4.78, 5) is 24.2. The molecule has 0 unspecified atom stereocenters. The van der Waals surface area contributed by atoms with Gasteiger partial charge in [-0.3, -0.25) is 14.3 Å². The van der Waals surface area contributed by atoms with Gasteiger partial charge >= 0.3 is 5.69 Å². The molecule has 72 valence electrons. The molecule has 0 atom stereocenters. The highest BCUT2D eigenvalue weighted by Gasteiger charge is 1.98. The van der Waals surface area contributed by atoms with E-state index in [0.29, 0.717) is 6.54 Å². The van der Waals surface area contributed by atoms with Crippen LogP contribution < -0.4 is 11.2 Å². The molecule has 2 aromatic heterocycles. The second-order valence-electron chi connectivity index (χ2n) is 2.87. The number of hydrogen-bond acceptors (Lipinski definition) is 3. The van der Waals surface area contributed by atoms with Crippen molar-refractivity contribution < 1.29 is 4.42 Å². The third kappa shape index (κ3) is 1.66. The van der Waals surface area contributed by atoms with Crippen LogP contribution in [0.5, 0.6) is 0 Å². The molecule has 0 fully saturated rings. The molecule has 2 aromatic rings. The van der Waals surface area contributed by atoms with Crippen LogP contribution in [0.2, 0.25) is 0 Å². The van der Waals surface area contributed by atoms with Gasteiger partial charge in [0.25, 0.3) is 5.56 Å². The van der Waals surface area contributed by atoms with Crippen molar-refractivity contribution in [1.29, 1.82) is 0 Å². The molecular formula is C9H8N2O3. The summed E-state index contributed by atoms with van der Waals surface area (Å²) in [5.74, 6) is 0. The lowest BCUT2D eigenvalue weighted by Crippen LogP contribution is -2.28. The minimum atomic E-state index is -0.418. The van der Waals surface area contributed by atoms with Gasteiger partial charge < -0.3 is 4.42 Å². The van der Waals surface area contributed by atoms with Crippen LogP contribution in [0.15, 0.2) is 44.9 Å². The van der Waals surface area contributed by atoms with E-state index in [4.69, 9.17) is 4.42 Å². The van der Waals surface area contributed by atoms with Crippen LogP contribution in [0.4, 0.5) is 0 Å². The zero-order chi connectivity index (χ0) is 9.97. The van der Waals surface area contributed by atoms with Crippen LogP contribution in [-0.4, -0.2) is 9.55 Å². The average molecular weight is 192 g/mol. The molecule has 2 heterocycles. The van der Waals surface area contributed by atoms with Gasteiger partial charge in [-0.05, 0) is 6.07 Å². The maximum absolute atomic E-state index is 11.2. The van der Waals surface area contributed by atoms with Gasteiger partial charge in [-0.25, -0.2) is 4.79 Å². The zero-order valence-electron chi connectivity index (χ0n) is 7.27. The Balaban J connectivity index is 2.35. The lowest BCUT2D eigenvalue weighted by molar-refractivity contribution is 0.561. The fraction of sp³-hybridized carbons (Fsp3) is 0.111. The molecule has 0 radical (unpaired) electrons.